The summed E-state index contributed by atoms with van der Waals surface area (Å²) in [6.07, 6.45) is 0. The Labute approximate surface area is 223 Å². The Morgan fingerprint density at radius 2 is 1.79 bits per heavy atom. The van der Waals surface area contributed by atoms with Crippen LogP contribution in [0.15, 0.2) is 66.2 Å². The molecule has 3 heterocycles. The molecule has 1 saturated heterocycles. The maximum Gasteiger partial charge on any atom is 0.301 e. The summed E-state index contributed by atoms with van der Waals surface area (Å²) >= 11 is 7.27. The molecule has 2 aliphatic heterocycles. The topological polar surface area (TPSA) is 132 Å². The van der Waals surface area contributed by atoms with Gasteiger partial charge in [-0.25, -0.2) is 4.98 Å². The number of aliphatic hydroxyl groups excluding tert-OH is 1. The van der Waals surface area contributed by atoms with Gasteiger partial charge >= 0.3 is 5.91 Å². The summed E-state index contributed by atoms with van der Waals surface area (Å²) in [5.74, 6) is -1.34. The normalized spacial score (nSPS) is 18.2. The fraction of sp³-hybridized carbons (Fsp3) is 0.115. The van der Waals surface area contributed by atoms with Crippen molar-refractivity contribution in [3.8, 4) is 11.5 Å². The number of hydrogen-bond acceptors (Lipinski definition) is 9. The van der Waals surface area contributed by atoms with Crippen LogP contribution in [-0.4, -0.2) is 39.9 Å². The first-order chi connectivity index (χ1) is 18.3. The zero-order valence-corrected chi connectivity index (χ0v) is 20.9. The quantitative estimate of drug-likeness (QED) is 0.120. The van der Waals surface area contributed by atoms with Crippen molar-refractivity contribution in [2.24, 2.45) is 0 Å². The third kappa shape index (κ3) is 3.92. The molecule has 4 aromatic rings. The van der Waals surface area contributed by atoms with Crippen LogP contribution in [0.5, 0.6) is 11.5 Å². The second-order valence-corrected chi connectivity index (χ2v) is 9.93. The number of aliphatic hydroxyl groups is 1. The summed E-state index contributed by atoms with van der Waals surface area (Å²) in [7, 11) is 0. The molecule has 1 aromatic heterocycles. The molecule has 1 fully saturated rings. The van der Waals surface area contributed by atoms with Gasteiger partial charge in [-0.1, -0.05) is 22.9 Å². The third-order valence-corrected chi connectivity index (χ3v) is 7.48. The van der Waals surface area contributed by atoms with Crippen LogP contribution in [-0.2, 0) is 9.59 Å². The number of carbonyl (C=O) groups excluding carboxylic acids is 2. The highest BCUT2D eigenvalue weighted by Crippen LogP contribution is 2.45. The third-order valence-electron chi connectivity index (χ3n) is 6.22. The van der Waals surface area contributed by atoms with Crippen molar-refractivity contribution in [3.05, 3.63) is 92.5 Å². The van der Waals surface area contributed by atoms with Gasteiger partial charge in [0.25, 0.3) is 11.5 Å². The first-order valence-electron chi connectivity index (χ1n) is 11.3. The molecule has 6 rings (SSSR count). The molecule has 0 aliphatic carbocycles. The number of hydrogen-bond donors (Lipinski definition) is 1. The number of Topliss-reactive ketones (excluding diaryl/α,β-unsaturated/α-hetero) is 1. The predicted molar refractivity (Wildman–Crippen MR) is 140 cm³/mol. The number of anilines is 1. The SMILES string of the molecule is O=C1C(=O)N(c2nc3ccc(Cl)cc3s2)[C@@H](c2ccc([N+](=O)[O-])cc2)C1=C(O)c1ccc2c(c1)OCCO2. The van der Waals surface area contributed by atoms with Crippen molar-refractivity contribution in [2.75, 3.05) is 18.1 Å². The number of rotatable bonds is 4. The van der Waals surface area contributed by atoms with Crippen LogP contribution in [0, 0.1) is 10.1 Å². The highest BCUT2D eigenvalue weighted by Gasteiger charge is 2.48. The Kier molecular flexibility index (Phi) is 5.73. The van der Waals surface area contributed by atoms with Crippen molar-refractivity contribution >= 4 is 61.4 Å². The van der Waals surface area contributed by atoms with Gasteiger partial charge in [-0.05, 0) is 54.1 Å². The Bertz CT molecular complexity index is 1680. The average Bonchev–Trinajstić information content (AvgIpc) is 3.45. The second kappa shape index (κ2) is 9.12. The van der Waals surface area contributed by atoms with E-state index >= 15 is 0 Å². The van der Waals surface area contributed by atoms with Gasteiger partial charge in [-0.3, -0.25) is 24.6 Å². The van der Waals surface area contributed by atoms with Gasteiger partial charge in [-0.2, -0.15) is 0 Å². The van der Waals surface area contributed by atoms with Crippen LogP contribution in [0.4, 0.5) is 10.8 Å². The number of ether oxygens (including phenoxy) is 2. The average molecular weight is 550 g/mol. The molecular weight excluding hydrogens is 534 g/mol. The monoisotopic (exact) mass is 549 g/mol. The maximum atomic E-state index is 13.4. The Morgan fingerprint density at radius 1 is 1.05 bits per heavy atom. The van der Waals surface area contributed by atoms with Gasteiger partial charge < -0.3 is 14.6 Å². The summed E-state index contributed by atoms with van der Waals surface area (Å²) in [5, 5.41) is 23.3. The standard InChI is InChI=1S/C26H16ClN3O7S/c27-15-4-7-17-20(12-15)38-26(28-17)29-22(13-1-5-16(6-2-13)30(34)35)21(24(32)25(29)33)23(31)14-3-8-18-19(11-14)37-10-9-36-18/h1-8,11-12,22,31H,9-10H2/t22-/m0/s1. The number of nitrogens with zero attached hydrogens (tertiary/aromatic N) is 3. The van der Waals surface area contributed by atoms with Crippen molar-refractivity contribution in [1.29, 1.82) is 0 Å². The van der Waals surface area contributed by atoms with E-state index in [2.05, 4.69) is 4.98 Å². The zero-order chi connectivity index (χ0) is 26.6. The van der Waals surface area contributed by atoms with E-state index in [-0.39, 0.29) is 22.0 Å². The molecule has 38 heavy (non-hydrogen) atoms. The minimum atomic E-state index is -1.10. The van der Waals surface area contributed by atoms with E-state index < -0.39 is 28.4 Å². The van der Waals surface area contributed by atoms with Gasteiger partial charge in [0.15, 0.2) is 16.6 Å². The van der Waals surface area contributed by atoms with Crippen molar-refractivity contribution in [1.82, 2.24) is 4.98 Å². The first-order valence-corrected chi connectivity index (χ1v) is 12.5. The number of amides is 1. The number of fused-ring (bicyclic) bond motifs is 2. The van der Waals surface area contributed by atoms with E-state index in [1.54, 1.807) is 30.3 Å². The number of halogens is 1. The lowest BCUT2D eigenvalue weighted by atomic mass is 9.95. The van der Waals surface area contributed by atoms with Gasteiger partial charge in [0.1, 0.15) is 19.0 Å². The van der Waals surface area contributed by atoms with E-state index in [0.717, 1.165) is 11.3 Å². The second-order valence-electron chi connectivity index (χ2n) is 8.48. The predicted octanol–water partition coefficient (Wildman–Crippen LogP) is 5.26. The molecule has 0 unspecified atom stereocenters. The molecule has 0 saturated carbocycles. The van der Waals surface area contributed by atoms with Crippen LogP contribution in [0.3, 0.4) is 0 Å². The van der Waals surface area contributed by atoms with Gasteiger partial charge in [0.2, 0.25) is 0 Å². The number of nitro benzene ring substituents is 1. The van der Waals surface area contributed by atoms with Crippen molar-refractivity contribution < 1.29 is 29.1 Å². The molecule has 10 nitrogen and oxygen atoms in total. The zero-order valence-electron chi connectivity index (χ0n) is 19.3. The summed E-state index contributed by atoms with van der Waals surface area (Å²) in [6.45, 7) is 0.711. The summed E-state index contributed by atoms with van der Waals surface area (Å²) in [5.41, 5.74) is 0.858. The van der Waals surface area contributed by atoms with Gasteiger partial charge in [-0.15, -0.1) is 0 Å². The Morgan fingerprint density at radius 3 is 2.53 bits per heavy atom. The van der Waals surface area contributed by atoms with E-state index in [1.807, 2.05) is 0 Å². The highest BCUT2D eigenvalue weighted by molar-refractivity contribution is 7.22. The largest absolute Gasteiger partial charge is 0.507 e. The highest BCUT2D eigenvalue weighted by atomic mass is 35.5. The molecule has 0 bridgehead atoms. The first kappa shape index (κ1) is 23.9. The molecule has 12 heteroatoms. The lowest BCUT2D eigenvalue weighted by Crippen LogP contribution is -2.29. The van der Waals surface area contributed by atoms with E-state index in [1.165, 1.54) is 35.2 Å². The fourth-order valence-corrected chi connectivity index (χ4v) is 5.73. The molecular formula is C26H16ClN3O7S. The molecule has 0 radical (unpaired) electrons. The lowest BCUT2D eigenvalue weighted by Gasteiger charge is -2.23. The molecule has 0 spiro atoms. The number of thiazole rings is 1. The van der Waals surface area contributed by atoms with E-state index in [4.69, 9.17) is 21.1 Å². The summed E-state index contributed by atoms with van der Waals surface area (Å²) in [6, 6.07) is 14.1. The molecule has 1 atom stereocenters. The number of non-ortho nitro benzene ring substituents is 1. The Hall–Kier alpha value is -4.48. The van der Waals surface area contributed by atoms with Gasteiger partial charge in [0, 0.05) is 22.7 Å². The molecule has 1 amide bonds. The van der Waals surface area contributed by atoms with Crippen LogP contribution in [0.1, 0.15) is 17.2 Å². The molecule has 3 aromatic carbocycles. The Balaban J connectivity index is 1.53. The van der Waals surface area contributed by atoms with Crippen LogP contribution >= 0.6 is 22.9 Å². The minimum absolute atomic E-state index is 0.160. The van der Waals surface area contributed by atoms with Crippen LogP contribution < -0.4 is 14.4 Å². The minimum Gasteiger partial charge on any atom is -0.507 e. The fourth-order valence-electron chi connectivity index (χ4n) is 4.46. The number of nitro groups is 1. The number of carbonyl (C=O) groups is 2. The van der Waals surface area contributed by atoms with E-state index in [0.29, 0.717) is 45.5 Å². The van der Waals surface area contributed by atoms with Crippen molar-refractivity contribution in [2.45, 2.75) is 6.04 Å². The molecule has 2 aliphatic rings. The lowest BCUT2D eigenvalue weighted by molar-refractivity contribution is -0.384. The molecule has 1 N–H and O–H groups in total. The summed E-state index contributed by atoms with van der Waals surface area (Å²) in [4.78, 5) is 43.2. The number of ketones is 1. The van der Waals surface area contributed by atoms with Gasteiger partial charge in [0.05, 0.1) is 26.8 Å². The van der Waals surface area contributed by atoms with Crippen LogP contribution in [0.2, 0.25) is 5.02 Å². The smallest absolute Gasteiger partial charge is 0.301 e. The van der Waals surface area contributed by atoms with Crippen LogP contribution in [0.25, 0.3) is 16.0 Å². The number of benzene rings is 3. The van der Waals surface area contributed by atoms with E-state index in [9.17, 15) is 24.8 Å². The number of aromatic nitrogens is 1. The van der Waals surface area contributed by atoms with Crippen molar-refractivity contribution in [3.63, 3.8) is 0 Å². The maximum absolute atomic E-state index is 13.4. The summed E-state index contributed by atoms with van der Waals surface area (Å²) < 4.78 is 11.8. The molecule has 190 valence electrons.